The van der Waals surface area contributed by atoms with E-state index in [-0.39, 0.29) is 0 Å². The van der Waals surface area contributed by atoms with Gasteiger partial charge in [-0.05, 0) is 47.0 Å². The number of nitrogens with zero attached hydrogens (tertiary/aromatic N) is 5. The molecule has 1 fully saturated rings. The highest BCUT2D eigenvalue weighted by Crippen LogP contribution is 2.39. The number of halogens is 1. The second kappa shape index (κ2) is 7.55. The van der Waals surface area contributed by atoms with Gasteiger partial charge < -0.3 is 5.73 Å². The SMILES string of the molecule is Nc1c(Br)c(C2CCCCC2)nc2c(-c3ccc(-c4cccnc4)nc3)cnn12. The molecule has 0 unspecified atom stereocenters. The van der Waals surface area contributed by atoms with E-state index in [9.17, 15) is 0 Å². The molecule has 0 radical (unpaired) electrons. The van der Waals surface area contributed by atoms with E-state index in [1.807, 2.05) is 42.9 Å². The van der Waals surface area contributed by atoms with Crippen LogP contribution in [-0.2, 0) is 0 Å². The third-order valence-electron chi connectivity index (χ3n) is 5.67. The van der Waals surface area contributed by atoms with Crippen molar-refractivity contribution in [2.75, 3.05) is 5.73 Å². The summed E-state index contributed by atoms with van der Waals surface area (Å²) in [6.07, 6.45) is 13.4. The summed E-state index contributed by atoms with van der Waals surface area (Å²) in [5.41, 5.74) is 12.0. The Bertz CT molecular complexity index is 1150. The lowest BCUT2D eigenvalue weighted by atomic mass is 9.87. The van der Waals surface area contributed by atoms with Crippen molar-refractivity contribution in [1.82, 2.24) is 24.6 Å². The minimum absolute atomic E-state index is 0.444. The molecule has 146 valence electrons. The molecule has 0 amide bonds. The maximum Gasteiger partial charge on any atom is 0.165 e. The summed E-state index contributed by atoms with van der Waals surface area (Å²) >= 11 is 3.67. The normalized spacial score (nSPS) is 15.1. The Morgan fingerprint density at radius 1 is 1.00 bits per heavy atom. The summed E-state index contributed by atoms with van der Waals surface area (Å²) in [5.74, 6) is 1.04. The Hall–Kier alpha value is -2.80. The van der Waals surface area contributed by atoms with Crippen molar-refractivity contribution in [3.05, 3.63) is 59.2 Å². The molecule has 0 aromatic carbocycles. The lowest BCUT2D eigenvalue weighted by Crippen LogP contribution is -2.11. The summed E-state index contributed by atoms with van der Waals surface area (Å²) < 4.78 is 2.58. The van der Waals surface area contributed by atoms with Gasteiger partial charge in [-0.1, -0.05) is 25.3 Å². The predicted molar refractivity (Wildman–Crippen MR) is 117 cm³/mol. The van der Waals surface area contributed by atoms with Gasteiger partial charge in [0.15, 0.2) is 5.65 Å². The van der Waals surface area contributed by atoms with Gasteiger partial charge in [0.05, 0.1) is 22.1 Å². The first-order chi connectivity index (χ1) is 14.2. The van der Waals surface area contributed by atoms with E-state index in [4.69, 9.17) is 10.7 Å². The molecule has 6 nitrogen and oxygen atoms in total. The minimum atomic E-state index is 0.444. The molecule has 0 aliphatic heterocycles. The Balaban J connectivity index is 1.57. The maximum atomic E-state index is 6.41. The summed E-state index contributed by atoms with van der Waals surface area (Å²) in [6.45, 7) is 0. The molecular weight excluding hydrogens is 428 g/mol. The monoisotopic (exact) mass is 448 g/mol. The number of rotatable bonds is 3. The van der Waals surface area contributed by atoms with Crippen molar-refractivity contribution in [1.29, 1.82) is 0 Å². The first kappa shape index (κ1) is 18.2. The van der Waals surface area contributed by atoms with E-state index in [1.54, 1.807) is 10.7 Å². The van der Waals surface area contributed by atoms with Crippen LogP contribution in [0, 0.1) is 0 Å². The van der Waals surface area contributed by atoms with Gasteiger partial charge in [-0.25, -0.2) is 4.98 Å². The molecule has 1 aliphatic rings. The summed E-state index contributed by atoms with van der Waals surface area (Å²) in [5, 5.41) is 4.48. The van der Waals surface area contributed by atoms with E-state index in [1.165, 1.54) is 19.3 Å². The number of aromatic nitrogens is 5. The number of nitrogen functional groups attached to an aromatic ring is 1. The number of nitrogens with two attached hydrogens (primary N) is 1. The number of pyridine rings is 2. The van der Waals surface area contributed by atoms with Crippen molar-refractivity contribution >= 4 is 27.4 Å². The van der Waals surface area contributed by atoms with E-state index in [0.717, 1.165) is 51.0 Å². The average Bonchev–Trinajstić information content (AvgIpc) is 3.22. The molecule has 7 heteroatoms. The first-order valence-corrected chi connectivity index (χ1v) is 10.7. The molecule has 1 aliphatic carbocycles. The topological polar surface area (TPSA) is 82.0 Å². The molecule has 2 N–H and O–H groups in total. The van der Waals surface area contributed by atoms with Gasteiger partial charge >= 0.3 is 0 Å². The van der Waals surface area contributed by atoms with Crippen molar-refractivity contribution in [3.8, 4) is 22.4 Å². The van der Waals surface area contributed by atoms with Crippen LogP contribution in [-0.4, -0.2) is 24.6 Å². The van der Waals surface area contributed by atoms with Gasteiger partial charge in [-0.2, -0.15) is 9.61 Å². The van der Waals surface area contributed by atoms with Crippen LogP contribution in [0.2, 0.25) is 0 Å². The Kier molecular flexibility index (Phi) is 4.75. The van der Waals surface area contributed by atoms with E-state index in [2.05, 4.69) is 31.0 Å². The summed E-state index contributed by atoms with van der Waals surface area (Å²) in [7, 11) is 0. The minimum Gasteiger partial charge on any atom is -0.383 e. The van der Waals surface area contributed by atoms with Crippen molar-refractivity contribution in [3.63, 3.8) is 0 Å². The number of hydrogen-bond donors (Lipinski definition) is 1. The zero-order valence-electron chi connectivity index (χ0n) is 15.9. The average molecular weight is 449 g/mol. The van der Waals surface area contributed by atoms with Gasteiger partial charge in [0.1, 0.15) is 5.82 Å². The third kappa shape index (κ3) is 3.29. The van der Waals surface area contributed by atoms with Crippen LogP contribution >= 0.6 is 15.9 Å². The summed E-state index contributed by atoms with van der Waals surface area (Å²) in [4.78, 5) is 13.8. The fraction of sp³-hybridized carbons (Fsp3) is 0.273. The fourth-order valence-electron chi connectivity index (χ4n) is 4.10. The van der Waals surface area contributed by atoms with Crippen LogP contribution in [0.3, 0.4) is 0 Å². The smallest absolute Gasteiger partial charge is 0.165 e. The lowest BCUT2D eigenvalue weighted by molar-refractivity contribution is 0.435. The molecule has 4 aromatic rings. The maximum absolute atomic E-state index is 6.41. The van der Waals surface area contributed by atoms with E-state index in [0.29, 0.717) is 11.7 Å². The van der Waals surface area contributed by atoms with E-state index >= 15 is 0 Å². The largest absolute Gasteiger partial charge is 0.383 e. The van der Waals surface area contributed by atoms with Gasteiger partial charge in [-0.3, -0.25) is 9.97 Å². The molecule has 4 heterocycles. The van der Waals surface area contributed by atoms with Crippen LogP contribution in [0.4, 0.5) is 5.82 Å². The molecule has 1 saturated carbocycles. The van der Waals surface area contributed by atoms with Crippen LogP contribution in [0.15, 0.2) is 53.5 Å². The third-order valence-corrected chi connectivity index (χ3v) is 6.48. The van der Waals surface area contributed by atoms with Crippen LogP contribution in [0.1, 0.15) is 43.7 Å². The highest BCUT2D eigenvalue weighted by Gasteiger charge is 2.24. The molecule has 5 rings (SSSR count). The summed E-state index contributed by atoms with van der Waals surface area (Å²) in [6, 6.07) is 7.96. The second-order valence-electron chi connectivity index (χ2n) is 7.50. The van der Waals surface area contributed by atoms with Gasteiger partial charge in [0.25, 0.3) is 0 Å². The Morgan fingerprint density at radius 3 is 2.59 bits per heavy atom. The lowest BCUT2D eigenvalue weighted by Gasteiger charge is -2.22. The number of fused-ring (bicyclic) bond motifs is 1. The van der Waals surface area contributed by atoms with Crippen LogP contribution in [0.25, 0.3) is 28.0 Å². The molecular formula is C22H21BrN6. The Labute approximate surface area is 177 Å². The number of anilines is 1. The molecule has 0 spiro atoms. The zero-order valence-corrected chi connectivity index (χ0v) is 17.5. The molecule has 4 aromatic heterocycles. The predicted octanol–water partition coefficient (Wildman–Crippen LogP) is 5.25. The molecule has 0 bridgehead atoms. The Morgan fingerprint density at radius 2 is 1.86 bits per heavy atom. The molecule has 0 atom stereocenters. The highest BCUT2D eigenvalue weighted by atomic mass is 79.9. The highest BCUT2D eigenvalue weighted by molar-refractivity contribution is 9.10. The van der Waals surface area contributed by atoms with Gasteiger partial charge in [-0.15, -0.1) is 0 Å². The second-order valence-corrected chi connectivity index (χ2v) is 8.29. The molecule has 0 saturated heterocycles. The standard InChI is InChI=1S/C22H21BrN6/c23-19-20(14-5-2-1-3-6-14)28-22-17(13-27-29(22)21(19)24)15-8-9-18(26-12-15)16-7-4-10-25-11-16/h4,7-14H,1-3,5-6,24H2. The van der Waals surface area contributed by atoms with Crippen molar-refractivity contribution in [2.24, 2.45) is 0 Å². The zero-order chi connectivity index (χ0) is 19.8. The number of hydrogen-bond acceptors (Lipinski definition) is 5. The van der Waals surface area contributed by atoms with Crippen LogP contribution in [0.5, 0.6) is 0 Å². The van der Waals surface area contributed by atoms with Gasteiger partial charge in [0.2, 0.25) is 0 Å². The van der Waals surface area contributed by atoms with Gasteiger partial charge in [0, 0.05) is 41.2 Å². The van der Waals surface area contributed by atoms with Crippen molar-refractivity contribution < 1.29 is 0 Å². The quantitative estimate of drug-likeness (QED) is 0.462. The fourth-order valence-corrected chi connectivity index (χ4v) is 4.68. The van der Waals surface area contributed by atoms with E-state index < -0.39 is 0 Å². The van der Waals surface area contributed by atoms with Crippen molar-refractivity contribution in [2.45, 2.75) is 38.0 Å². The van der Waals surface area contributed by atoms with Crippen LogP contribution < -0.4 is 5.73 Å². The first-order valence-electron chi connectivity index (χ1n) is 9.92. The molecule has 29 heavy (non-hydrogen) atoms.